The minimum Gasteiger partial charge on any atom is -0.242 e. The van der Waals surface area contributed by atoms with Crippen molar-refractivity contribution in [3.63, 3.8) is 0 Å². The fourth-order valence-electron chi connectivity index (χ4n) is 2.72. The molecule has 0 aliphatic rings. The van der Waals surface area contributed by atoms with E-state index < -0.39 is 0 Å². The first-order valence-electron chi connectivity index (χ1n) is 7.61. The number of hydrogen-bond acceptors (Lipinski definition) is 3. The first kappa shape index (κ1) is 13.6. The fourth-order valence-corrected chi connectivity index (χ4v) is 2.72. The van der Waals surface area contributed by atoms with Crippen LogP contribution in [0.3, 0.4) is 0 Å². The molecule has 0 aliphatic carbocycles. The van der Waals surface area contributed by atoms with Crippen LogP contribution in [0.5, 0.6) is 0 Å². The summed E-state index contributed by atoms with van der Waals surface area (Å²) in [6.45, 7) is 2.60. The molecule has 0 N–H and O–H groups in total. The normalized spacial score (nSPS) is 11.0. The Morgan fingerprint density at radius 3 is 2.35 bits per heavy atom. The van der Waals surface area contributed by atoms with Crippen LogP contribution in [0.1, 0.15) is 11.4 Å². The standard InChI is InChI=1S/C19H16N4/c1-14-20-12-17-18(16-10-6-3-7-11-16)22-23(19(17)21-14)13-15-8-4-2-5-9-15/h2-12H,13H2,1H3. The van der Waals surface area contributed by atoms with Crippen LogP contribution in [-0.2, 0) is 6.54 Å². The quantitative estimate of drug-likeness (QED) is 0.577. The van der Waals surface area contributed by atoms with E-state index in [0.717, 1.165) is 28.1 Å². The molecule has 0 aliphatic heterocycles. The van der Waals surface area contributed by atoms with Crippen LogP contribution in [0.2, 0.25) is 0 Å². The average Bonchev–Trinajstić information content (AvgIpc) is 2.94. The van der Waals surface area contributed by atoms with Crippen LogP contribution in [0.15, 0.2) is 66.9 Å². The molecule has 4 aromatic rings. The number of hydrogen-bond donors (Lipinski definition) is 0. The SMILES string of the molecule is Cc1ncc2c(-c3ccccc3)nn(Cc3ccccc3)c2n1. The number of rotatable bonds is 3. The highest BCUT2D eigenvalue weighted by Crippen LogP contribution is 2.26. The summed E-state index contributed by atoms with van der Waals surface area (Å²) in [6, 6.07) is 20.5. The Bertz CT molecular complexity index is 943. The third kappa shape index (κ3) is 2.59. The molecule has 4 rings (SSSR count). The van der Waals surface area contributed by atoms with Gasteiger partial charge < -0.3 is 0 Å². The second-order valence-corrected chi connectivity index (χ2v) is 5.51. The van der Waals surface area contributed by atoms with Crippen molar-refractivity contribution in [3.05, 3.63) is 78.2 Å². The Morgan fingerprint density at radius 2 is 1.61 bits per heavy atom. The topological polar surface area (TPSA) is 43.6 Å². The first-order chi connectivity index (χ1) is 11.3. The molecule has 2 aromatic heterocycles. The van der Waals surface area contributed by atoms with Gasteiger partial charge in [0.2, 0.25) is 0 Å². The first-order valence-corrected chi connectivity index (χ1v) is 7.61. The van der Waals surface area contributed by atoms with Gasteiger partial charge in [-0.05, 0) is 12.5 Å². The molecule has 0 amide bonds. The number of benzene rings is 2. The molecule has 0 spiro atoms. The van der Waals surface area contributed by atoms with E-state index in [2.05, 4.69) is 34.2 Å². The summed E-state index contributed by atoms with van der Waals surface area (Å²) in [4.78, 5) is 8.96. The van der Waals surface area contributed by atoms with Gasteiger partial charge in [0.25, 0.3) is 0 Å². The molecule has 0 saturated carbocycles. The molecule has 0 unspecified atom stereocenters. The molecule has 112 valence electrons. The van der Waals surface area contributed by atoms with E-state index >= 15 is 0 Å². The van der Waals surface area contributed by atoms with Crippen molar-refractivity contribution < 1.29 is 0 Å². The molecule has 0 atom stereocenters. The highest BCUT2D eigenvalue weighted by atomic mass is 15.3. The van der Waals surface area contributed by atoms with Gasteiger partial charge in [-0.25, -0.2) is 14.6 Å². The summed E-state index contributed by atoms with van der Waals surface area (Å²) in [5.41, 5.74) is 4.08. The lowest BCUT2D eigenvalue weighted by Crippen LogP contribution is -2.03. The van der Waals surface area contributed by atoms with E-state index in [1.807, 2.05) is 54.2 Å². The number of aryl methyl sites for hydroxylation is 1. The molecule has 0 saturated heterocycles. The van der Waals surface area contributed by atoms with Crippen molar-refractivity contribution >= 4 is 11.0 Å². The third-order valence-corrected chi connectivity index (χ3v) is 3.83. The van der Waals surface area contributed by atoms with E-state index in [1.54, 1.807) is 0 Å². The van der Waals surface area contributed by atoms with Crippen molar-refractivity contribution in [1.82, 2.24) is 19.7 Å². The maximum atomic E-state index is 4.81. The summed E-state index contributed by atoms with van der Waals surface area (Å²) < 4.78 is 1.96. The van der Waals surface area contributed by atoms with Gasteiger partial charge in [0.1, 0.15) is 11.5 Å². The van der Waals surface area contributed by atoms with Crippen LogP contribution in [0, 0.1) is 6.92 Å². The van der Waals surface area contributed by atoms with Crippen molar-refractivity contribution in [2.45, 2.75) is 13.5 Å². The summed E-state index contributed by atoms with van der Waals surface area (Å²) in [5, 5.41) is 5.79. The predicted molar refractivity (Wildman–Crippen MR) is 91.0 cm³/mol. The van der Waals surface area contributed by atoms with Gasteiger partial charge >= 0.3 is 0 Å². The monoisotopic (exact) mass is 300 g/mol. The fraction of sp³-hybridized carbons (Fsp3) is 0.105. The van der Waals surface area contributed by atoms with Crippen molar-refractivity contribution in [3.8, 4) is 11.3 Å². The summed E-state index contributed by atoms with van der Waals surface area (Å²) in [7, 11) is 0. The van der Waals surface area contributed by atoms with Gasteiger partial charge in [-0.15, -0.1) is 0 Å². The molecular weight excluding hydrogens is 284 g/mol. The Hall–Kier alpha value is -3.01. The van der Waals surface area contributed by atoms with Gasteiger partial charge in [-0.2, -0.15) is 5.10 Å². The zero-order valence-corrected chi connectivity index (χ0v) is 12.8. The number of aromatic nitrogens is 4. The molecule has 0 radical (unpaired) electrons. The van der Waals surface area contributed by atoms with Gasteiger partial charge in [0, 0.05) is 11.8 Å². The third-order valence-electron chi connectivity index (χ3n) is 3.83. The Balaban J connectivity index is 1.89. The zero-order valence-electron chi connectivity index (χ0n) is 12.8. The maximum absolute atomic E-state index is 4.81. The second-order valence-electron chi connectivity index (χ2n) is 5.51. The Kier molecular flexibility index (Phi) is 3.35. The van der Waals surface area contributed by atoms with Crippen molar-refractivity contribution in [2.24, 2.45) is 0 Å². The van der Waals surface area contributed by atoms with E-state index in [1.165, 1.54) is 5.56 Å². The lowest BCUT2D eigenvalue weighted by atomic mass is 10.1. The largest absolute Gasteiger partial charge is 0.242 e. The number of nitrogens with zero attached hydrogens (tertiary/aromatic N) is 4. The molecule has 4 nitrogen and oxygen atoms in total. The maximum Gasteiger partial charge on any atom is 0.162 e. The van der Waals surface area contributed by atoms with Crippen LogP contribution >= 0.6 is 0 Å². The molecule has 0 bridgehead atoms. The van der Waals surface area contributed by atoms with Gasteiger partial charge in [-0.1, -0.05) is 60.7 Å². The molecule has 2 aromatic carbocycles. The Labute approximate surface area is 134 Å². The van der Waals surface area contributed by atoms with Crippen molar-refractivity contribution in [1.29, 1.82) is 0 Å². The number of fused-ring (bicyclic) bond motifs is 1. The lowest BCUT2D eigenvalue weighted by Gasteiger charge is -2.03. The smallest absolute Gasteiger partial charge is 0.162 e. The molecule has 2 heterocycles. The minimum atomic E-state index is 0.695. The van der Waals surface area contributed by atoms with Crippen LogP contribution in [0.4, 0.5) is 0 Å². The van der Waals surface area contributed by atoms with Gasteiger partial charge in [-0.3, -0.25) is 0 Å². The van der Waals surface area contributed by atoms with Crippen LogP contribution < -0.4 is 0 Å². The van der Waals surface area contributed by atoms with Gasteiger partial charge in [0.05, 0.1) is 11.9 Å². The molecule has 0 fully saturated rings. The zero-order chi connectivity index (χ0) is 15.6. The van der Waals surface area contributed by atoms with E-state index in [-0.39, 0.29) is 0 Å². The highest BCUT2D eigenvalue weighted by molar-refractivity contribution is 5.90. The van der Waals surface area contributed by atoms with Gasteiger partial charge in [0.15, 0.2) is 5.65 Å². The summed E-state index contributed by atoms with van der Waals surface area (Å²) in [5.74, 6) is 0.756. The van der Waals surface area contributed by atoms with E-state index in [9.17, 15) is 0 Å². The predicted octanol–water partition coefficient (Wildman–Crippen LogP) is 3.85. The van der Waals surface area contributed by atoms with Crippen molar-refractivity contribution in [2.75, 3.05) is 0 Å². The summed E-state index contributed by atoms with van der Waals surface area (Å²) in [6.07, 6.45) is 1.87. The Morgan fingerprint density at radius 1 is 0.913 bits per heavy atom. The minimum absolute atomic E-state index is 0.695. The van der Waals surface area contributed by atoms with Crippen LogP contribution in [0.25, 0.3) is 22.3 Å². The lowest BCUT2D eigenvalue weighted by molar-refractivity contribution is 0.705. The molecule has 4 heteroatoms. The van der Waals surface area contributed by atoms with E-state index in [0.29, 0.717) is 6.54 Å². The van der Waals surface area contributed by atoms with Crippen LogP contribution in [-0.4, -0.2) is 19.7 Å². The second kappa shape index (κ2) is 5.65. The summed E-state index contributed by atoms with van der Waals surface area (Å²) >= 11 is 0. The molecular formula is C19H16N4. The highest BCUT2D eigenvalue weighted by Gasteiger charge is 2.14. The molecule has 23 heavy (non-hydrogen) atoms. The average molecular weight is 300 g/mol. The van der Waals surface area contributed by atoms with E-state index in [4.69, 9.17) is 5.10 Å².